The molecule has 3 aromatic rings. The molecule has 0 spiro atoms. The molecular formula is C21H25ClN6. The van der Waals surface area contributed by atoms with E-state index in [1.165, 1.54) is 0 Å². The SMILES string of the molecule is CC(C)Nc1nccc(-c2c(-c3ccc(Cl)cc3)n[nH]c2C2CCNCC2)n1. The van der Waals surface area contributed by atoms with Crippen molar-refractivity contribution in [2.45, 2.75) is 38.6 Å². The van der Waals surface area contributed by atoms with Gasteiger partial charge >= 0.3 is 0 Å². The number of anilines is 1. The van der Waals surface area contributed by atoms with Crippen LogP contribution in [0.5, 0.6) is 0 Å². The Morgan fingerprint density at radius 1 is 1.11 bits per heavy atom. The molecule has 1 fully saturated rings. The van der Waals surface area contributed by atoms with Crippen LogP contribution in [-0.4, -0.2) is 39.3 Å². The summed E-state index contributed by atoms with van der Waals surface area (Å²) < 4.78 is 0. The Labute approximate surface area is 170 Å². The second-order valence-corrected chi connectivity index (χ2v) is 7.89. The summed E-state index contributed by atoms with van der Waals surface area (Å²) in [4.78, 5) is 9.16. The second-order valence-electron chi connectivity index (χ2n) is 7.46. The molecule has 1 aliphatic heterocycles. The number of rotatable bonds is 5. The van der Waals surface area contributed by atoms with Gasteiger partial charge < -0.3 is 10.6 Å². The van der Waals surface area contributed by atoms with E-state index >= 15 is 0 Å². The predicted octanol–water partition coefficient (Wildman–Crippen LogP) is 4.47. The minimum absolute atomic E-state index is 0.263. The number of aromatic nitrogens is 4. The number of nitrogens with one attached hydrogen (secondary N) is 3. The van der Waals surface area contributed by atoms with Gasteiger partial charge in [0.05, 0.1) is 5.69 Å². The number of nitrogens with zero attached hydrogens (tertiary/aromatic N) is 3. The molecule has 0 aliphatic carbocycles. The van der Waals surface area contributed by atoms with E-state index in [9.17, 15) is 0 Å². The lowest BCUT2D eigenvalue weighted by molar-refractivity contribution is 0.453. The fourth-order valence-corrected chi connectivity index (χ4v) is 3.79. The van der Waals surface area contributed by atoms with E-state index in [0.29, 0.717) is 16.9 Å². The average molecular weight is 397 g/mol. The summed E-state index contributed by atoms with van der Waals surface area (Å²) in [7, 11) is 0. The molecule has 7 heteroatoms. The van der Waals surface area contributed by atoms with Gasteiger partial charge in [-0.15, -0.1) is 0 Å². The summed E-state index contributed by atoms with van der Waals surface area (Å²) in [5, 5.41) is 15.5. The highest BCUT2D eigenvalue weighted by Gasteiger charge is 2.25. The second kappa shape index (κ2) is 8.29. The van der Waals surface area contributed by atoms with Gasteiger partial charge in [-0.2, -0.15) is 5.10 Å². The molecule has 0 unspecified atom stereocenters. The Morgan fingerprint density at radius 3 is 2.57 bits per heavy atom. The average Bonchev–Trinajstić information content (AvgIpc) is 3.14. The molecule has 0 amide bonds. The smallest absolute Gasteiger partial charge is 0.223 e. The van der Waals surface area contributed by atoms with Crippen LogP contribution < -0.4 is 10.6 Å². The van der Waals surface area contributed by atoms with Crippen LogP contribution in [0, 0.1) is 0 Å². The fraction of sp³-hybridized carbons (Fsp3) is 0.381. The molecule has 28 heavy (non-hydrogen) atoms. The van der Waals surface area contributed by atoms with Crippen LogP contribution in [0.4, 0.5) is 5.95 Å². The third-order valence-electron chi connectivity index (χ3n) is 4.99. The first-order chi connectivity index (χ1) is 13.6. The molecule has 2 aromatic heterocycles. The zero-order valence-corrected chi connectivity index (χ0v) is 16.9. The van der Waals surface area contributed by atoms with Crippen molar-refractivity contribution in [2.24, 2.45) is 0 Å². The van der Waals surface area contributed by atoms with Gasteiger partial charge in [0, 0.05) is 40.0 Å². The first kappa shape index (κ1) is 18.9. The van der Waals surface area contributed by atoms with Crippen LogP contribution in [0.15, 0.2) is 36.5 Å². The summed E-state index contributed by atoms with van der Waals surface area (Å²) in [6.07, 6.45) is 3.97. The van der Waals surface area contributed by atoms with Crippen molar-refractivity contribution in [1.82, 2.24) is 25.5 Å². The van der Waals surface area contributed by atoms with Gasteiger partial charge in [0.1, 0.15) is 5.69 Å². The van der Waals surface area contributed by atoms with E-state index in [1.54, 1.807) is 6.20 Å². The highest BCUT2D eigenvalue weighted by molar-refractivity contribution is 6.30. The topological polar surface area (TPSA) is 78.5 Å². The van der Waals surface area contributed by atoms with Gasteiger partial charge in [-0.1, -0.05) is 23.7 Å². The van der Waals surface area contributed by atoms with E-state index in [4.69, 9.17) is 16.6 Å². The summed E-state index contributed by atoms with van der Waals surface area (Å²) in [5.41, 5.74) is 5.02. The Morgan fingerprint density at radius 2 is 1.86 bits per heavy atom. The third-order valence-corrected chi connectivity index (χ3v) is 5.24. The lowest BCUT2D eigenvalue weighted by Crippen LogP contribution is -2.27. The first-order valence-corrected chi connectivity index (χ1v) is 10.1. The van der Waals surface area contributed by atoms with Crippen LogP contribution in [0.25, 0.3) is 22.5 Å². The summed E-state index contributed by atoms with van der Waals surface area (Å²) in [6.45, 7) is 6.19. The molecule has 1 aromatic carbocycles. The molecular weight excluding hydrogens is 372 g/mol. The van der Waals surface area contributed by atoms with Gasteiger partial charge in [0.2, 0.25) is 5.95 Å². The standard InChI is InChI=1S/C21H25ClN6/c1-13(2)25-21-24-12-9-17(26-21)18-19(14-3-5-16(22)6-4-14)27-28-20(18)15-7-10-23-11-8-15/h3-6,9,12-13,15,23H,7-8,10-11H2,1-2H3,(H,27,28)(H,24,25,26). The lowest BCUT2D eigenvalue weighted by Gasteiger charge is -2.22. The van der Waals surface area contributed by atoms with Crippen LogP contribution in [0.3, 0.4) is 0 Å². The van der Waals surface area contributed by atoms with Crippen LogP contribution >= 0.6 is 11.6 Å². The Bertz CT molecular complexity index is 928. The molecule has 3 N–H and O–H groups in total. The van der Waals surface area contributed by atoms with E-state index in [2.05, 4.69) is 39.7 Å². The zero-order chi connectivity index (χ0) is 19.5. The molecule has 0 saturated carbocycles. The van der Waals surface area contributed by atoms with Gasteiger partial charge in [-0.05, 0) is 58.0 Å². The molecule has 3 heterocycles. The number of hydrogen-bond donors (Lipinski definition) is 3. The van der Waals surface area contributed by atoms with Gasteiger partial charge in [0.25, 0.3) is 0 Å². The van der Waals surface area contributed by atoms with Crippen molar-refractivity contribution < 1.29 is 0 Å². The molecule has 0 bridgehead atoms. The van der Waals surface area contributed by atoms with Crippen molar-refractivity contribution in [3.05, 3.63) is 47.2 Å². The number of halogens is 1. The van der Waals surface area contributed by atoms with Crippen molar-refractivity contribution in [2.75, 3.05) is 18.4 Å². The predicted molar refractivity (Wildman–Crippen MR) is 114 cm³/mol. The number of piperidine rings is 1. The Kier molecular flexibility index (Phi) is 5.59. The van der Waals surface area contributed by atoms with Crippen molar-refractivity contribution >= 4 is 17.5 Å². The van der Waals surface area contributed by atoms with Crippen LogP contribution in [0.1, 0.15) is 38.3 Å². The Balaban J connectivity index is 1.82. The maximum atomic E-state index is 6.09. The normalized spacial score (nSPS) is 15.1. The zero-order valence-electron chi connectivity index (χ0n) is 16.2. The van der Waals surface area contributed by atoms with Crippen LogP contribution in [-0.2, 0) is 0 Å². The Hall–Kier alpha value is -2.44. The minimum Gasteiger partial charge on any atom is -0.352 e. The molecule has 1 saturated heterocycles. The highest BCUT2D eigenvalue weighted by atomic mass is 35.5. The molecule has 0 radical (unpaired) electrons. The number of H-pyrrole nitrogens is 1. The molecule has 1 aliphatic rings. The molecule has 4 rings (SSSR count). The van der Waals surface area contributed by atoms with Crippen molar-refractivity contribution in [3.63, 3.8) is 0 Å². The van der Waals surface area contributed by atoms with Crippen molar-refractivity contribution in [1.29, 1.82) is 0 Å². The number of benzene rings is 1. The lowest BCUT2D eigenvalue weighted by atomic mass is 9.89. The monoisotopic (exact) mass is 396 g/mol. The summed E-state index contributed by atoms with van der Waals surface area (Å²) >= 11 is 6.09. The van der Waals surface area contributed by atoms with E-state index < -0.39 is 0 Å². The maximum absolute atomic E-state index is 6.09. The van der Waals surface area contributed by atoms with E-state index in [1.807, 2.05) is 30.3 Å². The van der Waals surface area contributed by atoms with Crippen LogP contribution in [0.2, 0.25) is 5.02 Å². The number of aromatic amines is 1. The summed E-state index contributed by atoms with van der Waals surface area (Å²) in [6, 6.07) is 10.0. The minimum atomic E-state index is 0.263. The van der Waals surface area contributed by atoms with Gasteiger partial charge in [-0.3, -0.25) is 5.10 Å². The molecule has 0 atom stereocenters. The quantitative estimate of drug-likeness (QED) is 0.592. The maximum Gasteiger partial charge on any atom is 0.223 e. The largest absolute Gasteiger partial charge is 0.352 e. The summed E-state index contributed by atoms with van der Waals surface area (Å²) in [5.74, 6) is 1.06. The van der Waals surface area contributed by atoms with E-state index in [-0.39, 0.29) is 6.04 Å². The molecule has 6 nitrogen and oxygen atoms in total. The van der Waals surface area contributed by atoms with E-state index in [0.717, 1.165) is 54.1 Å². The third kappa shape index (κ3) is 4.03. The fourth-order valence-electron chi connectivity index (χ4n) is 3.66. The van der Waals surface area contributed by atoms with Gasteiger partial charge in [0.15, 0.2) is 0 Å². The van der Waals surface area contributed by atoms with Gasteiger partial charge in [-0.25, -0.2) is 9.97 Å². The highest BCUT2D eigenvalue weighted by Crippen LogP contribution is 2.38. The van der Waals surface area contributed by atoms with Crippen molar-refractivity contribution in [3.8, 4) is 22.5 Å². The number of hydrogen-bond acceptors (Lipinski definition) is 5. The molecule has 146 valence electrons. The first-order valence-electron chi connectivity index (χ1n) is 9.76.